The Morgan fingerprint density at radius 1 is 1.21 bits per heavy atom. The topological polar surface area (TPSA) is 58.4 Å². The number of nitrogens with zero attached hydrogens (tertiary/aromatic N) is 2. The summed E-state index contributed by atoms with van der Waals surface area (Å²) in [6.45, 7) is 8.31. The van der Waals surface area contributed by atoms with E-state index in [1.807, 2.05) is 50.2 Å². The van der Waals surface area contributed by atoms with Crippen molar-refractivity contribution in [2.24, 2.45) is 0 Å². The minimum atomic E-state index is -0.233. The average Bonchev–Trinajstić information content (AvgIpc) is 3.34. The maximum atomic E-state index is 13.0. The van der Waals surface area contributed by atoms with Crippen LogP contribution in [-0.4, -0.2) is 24.0 Å². The Hall–Kier alpha value is -3.08. The van der Waals surface area contributed by atoms with Crippen molar-refractivity contribution in [2.75, 3.05) is 23.3 Å². The third-order valence-corrected chi connectivity index (χ3v) is 5.24. The molecule has 0 saturated heterocycles. The second-order valence-electron chi connectivity index (χ2n) is 7.79. The van der Waals surface area contributed by atoms with E-state index in [0.717, 1.165) is 37.2 Å². The van der Waals surface area contributed by atoms with Gasteiger partial charge >= 0.3 is 0 Å². The Labute approximate surface area is 171 Å². The number of nitrogens with one attached hydrogen (secondary N) is 1. The first-order valence-electron chi connectivity index (χ1n) is 10.3. The molecule has 4 rings (SSSR count). The van der Waals surface area contributed by atoms with Crippen LogP contribution >= 0.6 is 0 Å². The van der Waals surface area contributed by atoms with E-state index >= 15 is 0 Å². The number of hydrogen-bond acceptors (Lipinski definition) is 4. The molecule has 0 saturated carbocycles. The number of carbonyl (C=O) groups is 1. The van der Waals surface area contributed by atoms with Crippen LogP contribution in [0.3, 0.4) is 0 Å². The van der Waals surface area contributed by atoms with E-state index in [1.54, 1.807) is 0 Å². The van der Waals surface area contributed by atoms with Crippen molar-refractivity contribution in [3.8, 4) is 11.5 Å². The molecule has 0 bridgehead atoms. The lowest BCUT2D eigenvalue weighted by molar-refractivity contribution is 0.102. The van der Waals surface area contributed by atoms with E-state index in [9.17, 15) is 4.79 Å². The Kier molecular flexibility index (Phi) is 5.38. The molecule has 0 fully saturated rings. The molecule has 2 heterocycles. The molecule has 1 amide bonds. The molecule has 1 aliphatic rings. The van der Waals surface area contributed by atoms with Crippen molar-refractivity contribution in [3.63, 3.8) is 0 Å². The van der Waals surface area contributed by atoms with Crippen molar-refractivity contribution >= 4 is 17.3 Å². The van der Waals surface area contributed by atoms with Gasteiger partial charge in [-0.3, -0.25) is 4.79 Å². The largest absolute Gasteiger partial charge is 0.440 e. The highest BCUT2D eigenvalue weighted by atomic mass is 16.4. The second-order valence-corrected chi connectivity index (χ2v) is 7.79. The zero-order valence-electron chi connectivity index (χ0n) is 17.2. The van der Waals surface area contributed by atoms with Crippen LogP contribution in [0.25, 0.3) is 11.5 Å². The predicted octanol–water partition coefficient (Wildman–Crippen LogP) is 5.49. The van der Waals surface area contributed by atoms with E-state index < -0.39 is 0 Å². The third-order valence-electron chi connectivity index (χ3n) is 5.24. The zero-order chi connectivity index (χ0) is 20.4. The molecule has 150 valence electrons. The van der Waals surface area contributed by atoms with Gasteiger partial charge < -0.3 is 14.6 Å². The number of anilines is 2. The maximum Gasteiger partial charge on any atom is 0.277 e. The molecule has 1 aliphatic heterocycles. The molecule has 0 spiro atoms. The van der Waals surface area contributed by atoms with Gasteiger partial charge in [0, 0.05) is 35.9 Å². The number of carbonyl (C=O) groups excluding carboxylic acids is 1. The fourth-order valence-electron chi connectivity index (χ4n) is 3.83. The monoisotopic (exact) mass is 389 g/mol. The van der Waals surface area contributed by atoms with Crippen LogP contribution in [0.2, 0.25) is 0 Å². The molecule has 3 aromatic rings. The van der Waals surface area contributed by atoms with Gasteiger partial charge in [0.05, 0.1) is 0 Å². The number of aromatic nitrogens is 1. The van der Waals surface area contributed by atoms with Crippen LogP contribution in [0, 0.1) is 0 Å². The molecular formula is C24H27N3O2. The van der Waals surface area contributed by atoms with Gasteiger partial charge in [-0.25, -0.2) is 4.98 Å². The fraction of sp³-hybridized carbons (Fsp3) is 0.333. The van der Waals surface area contributed by atoms with E-state index in [0.29, 0.717) is 17.3 Å². The van der Waals surface area contributed by atoms with Gasteiger partial charge in [-0.15, -0.1) is 0 Å². The Morgan fingerprint density at radius 2 is 2.00 bits per heavy atom. The van der Waals surface area contributed by atoms with Gasteiger partial charge in [-0.2, -0.15) is 0 Å². The van der Waals surface area contributed by atoms with Crippen LogP contribution < -0.4 is 10.2 Å². The summed E-state index contributed by atoms with van der Waals surface area (Å²) in [6.07, 6.45) is 2.14. The van der Waals surface area contributed by atoms with Crippen LogP contribution in [0.4, 0.5) is 11.4 Å². The second kappa shape index (κ2) is 8.11. The minimum Gasteiger partial charge on any atom is -0.440 e. The van der Waals surface area contributed by atoms with Crippen molar-refractivity contribution in [1.29, 1.82) is 0 Å². The predicted molar refractivity (Wildman–Crippen MR) is 117 cm³/mol. The van der Waals surface area contributed by atoms with Gasteiger partial charge in [-0.1, -0.05) is 39.0 Å². The Balaban J connectivity index is 1.58. The fourth-order valence-corrected chi connectivity index (χ4v) is 3.83. The molecule has 29 heavy (non-hydrogen) atoms. The molecule has 0 unspecified atom stereocenters. The quantitative estimate of drug-likeness (QED) is 0.606. The van der Waals surface area contributed by atoms with Gasteiger partial charge in [0.2, 0.25) is 5.89 Å². The summed E-state index contributed by atoms with van der Waals surface area (Å²) in [5.41, 5.74) is 4.58. The highest BCUT2D eigenvalue weighted by Gasteiger charge is 2.24. The molecule has 1 N–H and O–H groups in total. The molecular weight excluding hydrogens is 362 g/mol. The maximum absolute atomic E-state index is 13.0. The number of amides is 1. The average molecular weight is 389 g/mol. The lowest BCUT2D eigenvalue weighted by atomic mass is 10.1. The Morgan fingerprint density at radius 3 is 2.72 bits per heavy atom. The summed E-state index contributed by atoms with van der Waals surface area (Å²) in [7, 11) is 0. The number of hydrogen-bond donors (Lipinski definition) is 1. The van der Waals surface area contributed by atoms with Gasteiger partial charge in [0.1, 0.15) is 5.76 Å². The molecule has 0 radical (unpaired) electrons. The van der Waals surface area contributed by atoms with Crippen LogP contribution in [0.15, 0.2) is 52.9 Å². The van der Waals surface area contributed by atoms with Crippen LogP contribution in [-0.2, 0) is 6.42 Å². The first-order valence-corrected chi connectivity index (χ1v) is 10.3. The molecule has 0 aliphatic carbocycles. The SMILES string of the molecule is CCCN1CCc2cc(NC(=O)c3nc(-c4ccccc4)oc3C(C)C)ccc21. The summed E-state index contributed by atoms with van der Waals surface area (Å²) < 4.78 is 5.96. The van der Waals surface area contributed by atoms with Crippen molar-refractivity contribution < 1.29 is 9.21 Å². The molecule has 1 aromatic heterocycles. The molecule has 2 aromatic carbocycles. The van der Waals surface area contributed by atoms with Crippen LogP contribution in [0.5, 0.6) is 0 Å². The summed E-state index contributed by atoms with van der Waals surface area (Å²) in [4.78, 5) is 19.9. The lowest BCUT2D eigenvalue weighted by Gasteiger charge is -2.18. The van der Waals surface area contributed by atoms with Crippen molar-refractivity contribution in [3.05, 3.63) is 65.5 Å². The van der Waals surface area contributed by atoms with E-state index in [2.05, 4.69) is 34.3 Å². The highest BCUT2D eigenvalue weighted by molar-refractivity contribution is 6.04. The first kappa shape index (κ1) is 19.2. The zero-order valence-corrected chi connectivity index (χ0v) is 17.2. The van der Waals surface area contributed by atoms with E-state index in [-0.39, 0.29) is 11.8 Å². The highest BCUT2D eigenvalue weighted by Crippen LogP contribution is 2.31. The molecule has 0 atom stereocenters. The third kappa shape index (κ3) is 3.90. The van der Waals surface area contributed by atoms with Gasteiger partial charge in [0.25, 0.3) is 5.91 Å². The van der Waals surface area contributed by atoms with Gasteiger partial charge in [-0.05, 0) is 48.7 Å². The summed E-state index contributed by atoms with van der Waals surface area (Å²) in [5.74, 6) is 0.909. The number of rotatable bonds is 6. The standard InChI is InChI=1S/C24H27N3O2/c1-4-13-27-14-12-18-15-19(10-11-20(18)27)25-23(28)21-22(16(2)3)29-24(26-21)17-8-6-5-7-9-17/h5-11,15-16H,4,12-14H2,1-3H3,(H,25,28). The number of oxazole rings is 1. The lowest BCUT2D eigenvalue weighted by Crippen LogP contribution is -2.20. The van der Waals surface area contributed by atoms with Crippen molar-refractivity contribution in [1.82, 2.24) is 4.98 Å². The minimum absolute atomic E-state index is 0.0586. The first-order chi connectivity index (χ1) is 14.1. The van der Waals surface area contributed by atoms with Gasteiger partial charge in [0.15, 0.2) is 5.69 Å². The smallest absolute Gasteiger partial charge is 0.277 e. The summed E-state index contributed by atoms with van der Waals surface area (Å²) >= 11 is 0. The number of benzene rings is 2. The van der Waals surface area contributed by atoms with Crippen molar-refractivity contribution in [2.45, 2.75) is 39.5 Å². The van der Waals surface area contributed by atoms with E-state index in [1.165, 1.54) is 11.3 Å². The summed E-state index contributed by atoms with van der Waals surface area (Å²) in [5, 5.41) is 3.01. The molecule has 5 nitrogen and oxygen atoms in total. The Bertz CT molecular complexity index is 1010. The summed E-state index contributed by atoms with van der Waals surface area (Å²) in [6, 6.07) is 15.8. The normalized spacial score (nSPS) is 13.0. The van der Waals surface area contributed by atoms with Crippen LogP contribution in [0.1, 0.15) is 54.9 Å². The molecule has 5 heteroatoms. The van der Waals surface area contributed by atoms with E-state index in [4.69, 9.17) is 4.42 Å². The number of fused-ring (bicyclic) bond motifs is 1.